The summed E-state index contributed by atoms with van der Waals surface area (Å²) in [5.74, 6) is 0.350. The van der Waals surface area contributed by atoms with Gasteiger partial charge in [0.1, 0.15) is 9.57 Å². The van der Waals surface area contributed by atoms with E-state index in [0.717, 1.165) is 48.3 Å². The van der Waals surface area contributed by atoms with Gasteiger partial charge in [0.05, 0.1) is 6.10 Å². The smallest absolute Gasteiger partial charge is 0.120 e. The number of nitrogens with zero attached hydrogens (tertiary/aromatic N) is 1. The molecule has 2 heterocycles. The van der Waals surface area contributed by atoms with Crippen molar-refractivity contribution in [3.05, 3.63) is 43.6 Å². The molecule has 1 aromatic carbocycles. The van der Waals surface area contributed by atoms with E-state index in [0.29, 0.717) is 5.75 Å². The number of rotatable bonds is 4. The van der Waals surface area contributed by atoms with Gasteiger partial charge in [0.2, 0.25) is 0 Å². The molecule has 2 aromatic rings. The molecular weight excluding hydrogens is 346 g/mol. The van der Waals surface area contributed by atoms with Crippen LogP contribution in [0, 0.1) is 10.7 Å². The highest BCUT2D eigenvalue weighted by molar-refractivity contribution is 7.79. The minimum Gasteiger partial charge on any atom is -0.508 e. The van der Waals surface area contributed by atoms with Crippen molar-refractivity contribution in [1.29, 1.82) is 0 Å². The normalized spacial score (nSPS) is 16.8. The zero-order valence-electron chi connectivity index (χ0n) is 13.1. The summed E-state index contributed by atoms with van der Waals surface area (Å²) >= 11 is 5.42. The van der Waals surface area contributed by atoms with Gasteiger partial charge in [0.25, 0.3) is 0 Å². The van der Waals surface area contributed by atoms with Gasteiger partial charge in [0.15, 0.2) is 0 Å². The highest BCUT2D eigenvalue weighted by Gasteiger charge is 2.18. The van der Waals surface area contributed by atoms with Crippen molar-refractivity contribution in [2.24, 2.45) is 0 Å². The molecule has 23 heavy (non-hydrogen) atoms. The van der Waals surface area contributed by atoms with Gasteiger partial charge in [-0.1, -0.05) is 45.0 Å². The number of phenols is 1. The molecule has 0 saturated carbocycles. The number of aliphatic hydroxyl groups excluding tert-OH is 1. The van der Waals surface area contributed by atoms with Gasteiger partial charge in [-0.3, -0.25) is 4.90 Å². The first-order chi connectivity index (χ1) is 11.0. The number of aromatic hydroxyl groups is 1. The predicted octanol–water partition coefficient (Wildman–Crippen LogP) is 4.10. The molecule has 1 aliphatic heterocycles. The number of hydrogen-bond donors (Lipinski definition) is 2. The third-order valence-electron chi connectivity index (χ3n) is 4.39. The Morgan fingerprint density at radius 2 is 2.00 bits per heavy atom. The molecule has 3 nitrogen and oxygen atoms in total. The number of aryl methyl sites for hydroxylation is 1. The van der Waals surface area contributed by atoms with Crippen molar-refractivity contribution in [2.45, 2.75) is 38.8 Å². The van der Waals surface area contributed by atoms with Crippen LogP contribution >= 0.6 is 32.9 Å². The van der Waals surface area contributed by atoms with Gasteiger partial charge < -0.3 is 10.2 Å². The van der Waals surface area contributed by atoms with Gasteiger partial charge in [-0.2, -0.15) is 0 Å². The Bertz CT molecular complexity index is 730. The number of piperidine rings is 1. The van der Waals surface area contributed by atoms with Gasteiger partial charge >= 0.3 is 0 Å². The molecule has 0 radical (unpaired) electrons. The van der Waals surface area contributed by atoms with Crippen molar-refractivity contribution in [3.8, 4) is 5.75 Å². The molecule has 0 unspecified atom stereocenters. The minimum absolute atomic E-state index is 0.167. The summed E-state index contributed by atoms with van der Waals surface area (Å²) in [5.41, 5.74) is 3.39. The van der Waals surface area contributed by atoms with Crippen molar-refractivity contribution in [1.82, 2.24) is 4.90 Å². The van der Waals surface area contributed by atoms with Crippen LogP contribution in [-0.4, -0.2) is 34.3 Å². The lowest BCUT2D eigenvalue weighted by Gasteiger charge is -2.29. The van der Waals surface area contributed by atoms with Gasteiger partial charge in [-0.25, -0.2) is 0 Å². The first-order valence-corrected chi connectivity index (χ1v) is 10.4. The van der Waals surface area contributed by atoms with Crippen LogP contribution in [0.15, 0.2) is 18.2 Å². The Balaban J connectivity index is 1.75. The standard InChI is InChI=1S/C17H21NO2S3/c1-11-15(17(21)23-22-11)9-12-2-3-16(20)13(8-12)10-18-6-4-14(19)5-7-18/h2-3,8,14,19-20H,4-7,9-10H2,1H3. The maximum absolute atomic E-state index is 10.2. The first-order valence-electron chi connectivity index (χ1n) is 7.82. The average molecular weight is 368 g/mol. The molecule has 0 bridgehead atoms. The number of aliphatic hydroxyl groups is 1. The molecule has 6 heteroatoms. The van der Waals surface area contributed by atoms with Crippen LogP contribution in [0.25, 0.3) is 0 Å². The summed E-state index contributed by atoms with van der Waals surface area (Å²) in [7, 11) is 3.40. The van der Waals surface area contributed by atoms with E-state index in [-0.39, 0.29) is 6.10 Å². The van der Waals surface area contributed by atoms with E-state index in [9.17, 15) is 10.2 Å². The fourth-order valence-corrected chi connectivity index (χ4v) is 5.61. The second-order valence-corrected chi connectivity index (χ2v) is 9.16. The van der Waals surface area contributed by atoms with Crippen molar-refractivity contribution >= 4 is 32.9 Å². The van der Waals surface area contributed by atoms with Crippen LogP contribution in [0.3, 0.4) is 0 Å². The average Bonchev–Trinajstić information content (AvgIpc) is 2.84. The molecule has 3 rings (SSSR count). The molecule has 124 valence electrons. The van der Waals surface area contributed by atoms with E-state index in [1.54, 1.807) is 26.7 Å². The van der Waals surface area contributed by atoms with Gasteiger partial charge in [0, 0.05) is 36.5 Å². The monoisotopic (exact) mass is 367 g/mol. The molecule has 1 fully saturated rings. The topological polar surface area (TPSA) is 43.7 Å². The minimum atomic E-state index is -0.167. The van der Waals surface area contributed by atoms with Crippen LogP contribution in [0.4, 0.5) is 0 Å². The summed E-state index contributed by atoms with van der Waals surface area (Å²) in [4.78, 5) is 3.58. The van der Waals surface area contributed by atoms with Crippen LogP contribution in [0.5, 0.6) is 5.75 Å². The SMILES string of the molecule is Cc1ssc(=S)c1Cc1ccc(O)c(CN2CCC(O)CC2)c1. The Morgan fingerprint density at radius 3 is 2.65 bits per heavy atom. The summed E-state index contributed by atoms with van der Waals surface area (Å²) in [6, 6.07) is 5.86. The lowest BCUT2D eigenvalue weighted by atomic mass is 10.0. The Kier molecular flexibility index (Phi) is 5.49. The van der Waals surface area contributed by atoms with E-state index >= 15 is 0 Å². The maximum Gasteiger partial charge on any atom is 0.120 e. The van der Waals surface area contributed by atoms with Crippen LogP contribution in [-0.2, 0) is 13.0 Å². The summed E-state index contributed by atoms with van der Waals surface area (Å²) in [5, 5.41) is 19.8. The first kappa shape index (κ1) is 17.0. The molecule has 1 aliphatic rings. The third-order valence-corrected chi connectivity index (χ3v) is 7.68. The van der Waals surface area contributed by atoms with E-state index in [1.165, 1.54) is 16.0 Å². The molecule has 0 aliphatic carbocycles. The second kappa shape index (κ2) is 7.40. The van der Waals surface area contributed by atoms with Crippen molar-refractivity contribution in [3.63, 3.8) is 0 Å². The zero-order valence-corrected chi connectivity index (χ0v) is 15.6. The molecule has 0 atom stereocenters. The van der Waals surface area contributed by atoms with Gasteiger partial charge in [-0.05, 0) is 37.0 Å². The number of likely N-dealkylation sites (tertiary alicyclic amines) is 1. The van der Waals surface area contributed by atoms with Crippen LogP contribution in [0.2, 0.25) is 0 Å². The van der Waals surface area contributed by atoms with E-state index < -0.39 is 0 Å². The fraction of sp³-hybridized carbons (Fsp3) is 0.471. The van der Waals surface area contributed by atoms with Crippen LogP contribution < -0.4 is 0 Å². The molecular formula is C17H21NO2S3. The van der Waals surface area contributed by atoms with E-state index in [4.69, 9.17) is 12.2 Å². The maximum atomic E-state index is 10.2. The highest BCUT2D eigenvalue weighted by atomic mass is 32.9. The van der Waals surface area contributed by atoms with Crippen molar-refractivity contribution in [2.75, 3.05) is 13.1 Å². The quantitative estimate of drug-likeness (QED) is 0.631. The molecule has 1 saturated heterocycles. The Labute approximate surface area is 149 Å². The Morgan fingerprint density at radius 1 is 1.26 bits per heavy atom. The predicted molar refractivity (Wildman–Crippen MR) is 99.2 cm³/mol. The summed E-state index contributed by atoms with van der Waals surface area (Å²) in [6.45, 7) is 4.62. The lowest BCUT2D eigenvalue weighted by Crippen LogP contribution is -2.35. The third kappa shape index (κ3) is 4.19. The zero-order chi connectivity index (χ0) is 16.4. The fourth-order valence-electron chi connectivity index (χ4n) is 2.94. The van der Waals surface area contributed by atoms with E-state index in [1.807, 2.05) is 6.07 Å². The molecule has 0 spiro atoms. The molecule has 2 N–H and O–H groups in total. The second-order valence-electron chi connectivity index (χ2n) is 6.14. The number of phenolic OH excluding ortho intramolecular Hbond substituents is 1. The number of hydrogen-bond acceptors (Lipinski definition) is 6. The molecule has 1 aromatic heterocycles. The number of benzene rings is 1. The highest BCUT2D eigenvalue weighted by Crippen LogP contribution is 2.28. The Hall–Kier alpha value is -0.790. The van der Waals surface area contributed by atoms with E-state index in [2.05, 4.69) is 17.9 Å². The van der Waals surface area contributed by atoms with Crippen LogP contribution in [0.1, 0.15) is 34.4 Å². The van der Waals surface area contributed by atoms with Gasteiger partial charge in [-0.15, -0.1) is 0 Å². The largest absolute Gasteiger partial charge is 0.508 e. The summed E-state index contributed by atoms with van der Waals surface area (Å²) < 4.78 is 0.979. The van der Waals surface area contributed by atoms with Crippen molar-refractivity contribution < 1.29 is 10.2 Å². The lowest BCUT2D eigenvalue weighted by molar-refractivity contribution is 0.0789. The summed E-state index contributed by atoms with van der Waals surface area (Å²) in [6.07, 6.45) is 2.29. The molecule has 0 amide bonds.